The van der Waals surface area contributed by atoms with Crippen molar-refractivity contribution < 1.29 is 9.59 Å². The minimum Gasteiger partial charge on any atom is -0.368 e. The molecule has 19 heavy (non-hydrogen) atoms. The minimum absolute atomic E-state index is 0.357. The van der Waals surface area contributed by atoms with Crippen LogP contribution in [0.25, 0.3) is 0 Å². The Labute approximate surface area is 112 Å². The van der Waals surface area contributed by atoms with E-state index in [2.05, 4.69) is 5.32 Å². The van der Waals surface area contributed by atoms with Crippen molar-refractivity contribution in [1.29, 1.82) is 5.26 Å². The molecule has 0 saturated carbocycles. The smallest absolute Gasteiger partial charge is 0.251 e. The first-order chi connectivity index (χ1) is 9.08. The second-order valence-corrected chi connectivity index (χ2v) is 4.26. The molecule has 2 amide bonds. The van der Waals surface area contributed by atoms with E-state index in [4.69, 9.17) is 11.0 Å². The first-order valence-electron chi connectivity index (χ1n) is 6.18. The molecule has 1 atom stereocenters. The highest BCUT2D eigenvalue weighted by atomic mass is 16.2. The summed E-state index contributed by atoms with van der Waals surface area (Å²) in [6.07, 6.45) is 2.28. The van der Waals surface area contributed by atoms with Crippen molar-refractivity contribution in [3.05, 3.63) is 35.4 Å². The number of benzene rings is 1. The molecule has 0 heterocycles. The van der Waals surface area contributed by atoms with Crippen LogP contribution in [0.5, 0.6) is 0 Å². The number of amides is 2. The Kier molecular flexibility index (Phi) is 5.55. The molecule has 0 aliphatic heterocycles. The van der Waals surface area contributed by atoms with Gasteiger partial charge in [-0.05, 0) is 30.7 Å². The zero-order valence-corrected chi connectivity index (χ0v) is 10.8. The third-order valence-electron chi connectivity index (χ3n) is 2.77. The van der Waals surface area contributed by atoms with Crippen LogP contribution in [0.1, 0.15) is 42.1 Å². The van der Waals surface area contributed by atoms with Gasteiger partial charge in [0.2, 0.25) is 5.91 Å². The molecule has 0 unspecified atom stereocenters. The summed E-state index contributed by atoms with van der Waals surface area (Å²) < 4.78 is 0. The normalized spacial score (nSPS) is 11.4. The Morgan fingerprint density at radius 3 is 2.47 bits per heavy atom. The number of carbonyl (C=O) groups is 2. The fourth-order valence-corrected chi connectivity index (χ4v) is 1.63. The van der Waals surface area contributed by atoms with E-state index in [0.717, 1.165) is 12.8 Å². The number of hydrogen-bond donors (Lipinski definition) is 2. The van der Waals surface area contributed by atoms with Gasteiger partial charge < -0.3 is 11.1 Å². The molecular formula is C14H17N3O2. The summed E-state index contributed by atoms with van der Waals surface area (Å²) in [5.74, 6) is -0.889. The lowest BCUT2D eigenvalue weighted by Crippen LogP contribution is -2.44. The van der Waals surface area contributed by atoms with Crippen LogP contribution in [0.4, 0.5) is 0 Å². The molecule has 5 heteroatoms. The number of rotatable bonds is 6. The fraction of sp³-hybridized carbons (Fsp3) is 0.357. The molecule has 100 valence electrons. The predicted octanol–water partition coefficient (Wildman–Crippen LogP) is 1.33. The fourth-order valence-electron chi connectivity index (χ4n) is 1.63. The zero-order valence-electron chi connectivity index (χ0n) is 10.8. The molecule has 0 aromatic heterocycles. The molecule has 0 bridgehead atoms. The van der Waals surface area contributed by atoms with Crippen molar-refractivity contribution in [2.24, 2.45) is 5.73 Å². The van der Waals surface area contributed by atoms with E-state index in [1.165, 1.54) is 0 Å². The van der Waals surface area contributed by atoms with Crippen LogP contribution in [0.15, 0.2) is 24.3 Å². The van der Waals surface area contributed by atoms with Gasteiger partial charge in [-0.1, -0.05) is 19.8 Å². The number of unbranched alkanes of at least 4 members (excludes halogenated alkanes) is 1. The maximum atomic E-state index is 11.9. The average Bonchev–Trinajstić information content (AvgIpc) is 2.43. The molecule has 0 spiro atoms. The molecule has 1 rings (SSSR count). The molecule has 0 saturated heterocycles. The molecule has 0 aliphatic carbocycles. The second-order valence-electron chi connectivity index (χ2n) is 4.26. The van der Waals surface area contributed by atoms with Gasteiger partial charge in [0.1, 0.15) is 6.04 Å². The molecule has 1 aromatic rings. The molecule has 0 fully saturated rings. The van der Waals surface area contributed by atoms with Gasteiger partial charge in [0.05, 0.1) is 11.6 Å². The lowest BCUT2D eigenvalue weighted by atomic mass is 10.1. The molecule has 0 radical (unpaired) electrons. The van der Waals surface area contributed by atoms with E-state index in [0.29, 0.717) is 17.5 Å². The van der Waals surface area contributed by atoms with Crippen molar-refractivity contribution in [1.82, 2.24) is 5.32 Å². The number of nitrogens with two attached hydrogens (primary N) is 1. The van der Waals surface area contributed by atoms with E-state index >= 15 is 0 Å². The van der Waals surface area contributed by atoms with E-state index in [1.54, 1.807) is 24.3 Å². The number of nitrogens with zero attached hydrogens (tertiary/aromatic N) is 1. The average molecular weight is 259 g/mol. The summed E-state index contributed by atoms with van der Waals surface area (Å²) in [6.45, 7) is 2.00. The monoisotopic (exact) mass is 259 g/mol. The van der Waals surface area contributed by atoms with Gasteiger partial charge in [0.15, 0.2) is 0 Å². The summed E-state index contributed by atoms with van der Waals surface area (Å²) in [6, 6.07) is 7.53. The van der Waals surface area contributed by atoms with Crippen molar-refractivity contribution in [3.8, 4) is 6.07 Å². The first-order valence-corrected chi connectivity index (χ1v) is 6.18. The highest BCUT2D eigenvalue weighted by Gasteiger charge is 2.18. The summed E-state index contributed by atoms with van der Waals surface area (Å²) in [5.41, 5.74) is 6.14. The second kappa shape index (κ2) is 7.17. The standard InChI is InChI=1S/C14H17N3O2/c1-2-3-4-12(13(16)18)17-14(19)11-7-5-10(9-15)6-8-11/h5-8,12H,2-4H2,1H3,(H2,16,18)(H,17,19)/t12-/m1/s1. The van der Waals surface area contributed by atoms with E-state index in [1.807, 2.05) is 13.0 Å². The summed E-state index contributed by atoms with van der Waals surface area (Å²) in [5, 5.41) is 11.3. The summed E-state index contributed by atoms with van der Waals surface area (Å²) in [4.78, 5) is 23.2. The van der Waals surface area contributed by atoms with Crippen molar-refractivity contribution in [3.63, 3.8) is 0 Å². The number of nitriles is 1. The van der Waals surface area contributed by atoms with Gasteiger partial charge in [-0.2, -0.15) is 5.26 Å². The van der Waals surface area contributed by atoms with Crippen LogP contribution in [0.2, 0.25) is 0 Å². The van der Waals surface area contributed by atoms with Crippen LogP contribution in [-0.4, -0.2) is 17.9 Å². The predicted molar refractivity (Wildman–Crippen MR) is 71.1 cm³/mol. The summed E-state index contributed by atoms with van der Waals surface area (Å²) >= 11 is 0. The van der Waals surface area contributed by atoms with Crippen LogP contribution in [-0.2, 0) is 4.79 Å². The van der Waals surface area contributed by atoms with Crippen molar-refractivity contribution >= 4 is 11.8 Å². The van der Waals surface area contributed by atoms with Gasteiger partial charge in [0.25, 0.3) is 5.91 Å². The van der Waals surface area contributed by atoms with Gasteiger partial charge in [-0.3, -0.25) is 9.59 Å². The van der Waals surface area contributed by atoms with Crippen LogP contribution in [0, 0.1) is 11.3 Å². The molecule has 0 aliphatic rings. The maximum absolute atomic E-state index is 11.9. The first kappa shape index (κ1) is 14.7. The molecule has 5 nitrogen and oxygen atoms in total. The topological polar surface area (TPSA) is 96.0 Å². The van der Waals surface area contributed by atoms with Crippen LogP contribution < -0.4 is 11.1 Å². The van der Waals surface area contributed by atoms with Gasteiger partial charge in [-0.15, -0.1) is 0 Å². The highest BCUT2D eigenvalue weighted by molar-refractivity contribution is 5.97. The lowest BCUT2D eigenvalue weighted by Gasteiger charge is -2.15. The third-order valence-corrected chi connectivity index (χ3v) is 2.77. The number of hydrogen-bond acceptors (Lipinski definition) is 3. The molecule has 3 N–H and O–H groups in total. The Morgan fingerprint density at radius 2 is 2.00 bits per heavy atom. The van der Waals surface area contributed by atoms with Crippen LogP contribution in [0.3, 0.4) is 0 Å². The minimum atomic E-state index is -0.650. The van der Waals surface area contributed by atoms with E-state index < -0.39 is 11.9 Å². The van der Waals surface area contributed by atoms with Crippen LogP contribution >= 0.6 is 0 Å². The maximum Gasteiger partial charge on any atom is 0.251 e. The zero-order chi connectivity index (χ0) is 14.3. The van der Waals surface area contributed by atoms with E-state index in [-0.39, 0.29) is 5.91 Å². The molecular weight excluding hydrogens is 242 g/mol. The number of carbonyl (C=O) groups excluding carboxylic acids is 2. The third kappa shape index (κ3) is 4.43. The lowest BCUT2D eigenvalue weighted by molar-refractivity contribution is -0.120. The Bertz CT molecular complexity index is 488. The van der Waals surface area contributed by atoms with E-state index in [9.17, 15) is 9.59 Å². The largest absolute Gasteiger partial charge is 0.368 e. The van der Waals surface area contributed by atoms with Gasteiger partial charge in [-0.25, -0.2) is 0 Å². The van der Waals surface area contributed by atoms with Crippen molar-refractivity contribution in [2.45, 2.75) is 32.2 Å². The SMILES string of the molecule is CCCC[C@@H](NC(=O)c1ccc(C#N)cc1)C(N)=O. The Balaban J connectivity index is 2.70. The Morgan fingerprint density at radius 1 is 1.37 bits per heavy atom. The van der Waals surface area contributed by atoms with Crippen molar-refractivity contribution in [2.75, 3.05) is 0 Å². The number of nitrogens with one attached hydrogen (secondary N) is 1. The number of primary amides is 1. The van der Waals surface area contributed by atoms with Gasteiger partial charge >= 0.3 is 0 Å². The summed E-state index contributed by atoms with van der Waals surface area (Å²) in [7, 11) is 0. The van der Waals surface area contributed by atoms with Gasteiger partial charge in [0, 0.05) is 5.56 Å². The molecule has 1 aromatic carbocycles. The highest BCUT2D eigenvalue weighted by Crippen LogP contribution is 2.05. The quantitative estimate of drug-likeness (QED) is 0.806. The Hall–Kier alpha value is -2.35.